The summed E-state index contributed by atoms with van der Waals surface area (Å²) in [6, 6.07) is 3.76. The third-order valence-corrected chi connectivity index (χ3v) is 5.30. The van der Waals surface area contributed by atoms with E-state index in [1.54, 1.807) is 11.1 Å². The number of ether oxygens (including phenoxy) is 1. The molecule has 0 radical (unpaired) electrons. The van der Waals surface area contributed by atoms with Crippen LogP contribution in [-0.4, -0.2) is 39.8 Å². The van der Waals surface area contributed by atoms with Crippen LogP contribution in [0.4, 0.5) is 4.79 Å². The fourth-order valence-electron chi connectivity index (χ4n) is 3.76. The summed E-state index contributed by atoms with van der Waals surface area (Å²) in [5, 5.41) is 11.2. The molecule has 1 amide bonds. The molecule has 1 aromatic heterocycles. The number of carbonyl (C=O) groups is 1. The lowest BCUT2D eigenvalue weighted by molar-refractivity contribution is -0.0104. The first kappa shape index (κ1) is 16.7. The molecule has 6 heteroatoms. The van der Waals surface area contributed by atoms with Gasteiger partial charge in [-0.15, -0.1) is 0 Å². The van der Waals surface area contributed by atoms with Gasteiger partial charge in [-0.05, 0) is 61.5 Å². The highest BCUT2D eigenvalue weighted by molar-refractivity contribution is 9.10. The summed E-state index contributed by atoms with van der Waals surface area (Å²) in [5.41, 5.74) is -0.574. The van der Waals surface area contributed by atoms with E-state index in [9.17, 15) is 9.90 Å². The van der Waals surface area contributed by atoms with E-state index < -0.39 is 11.2 Å². The van der Waals surface area contributed by atoms with Gasteiger partial charge in [0.1, 0.15) is 10.2 Å². The highest BCUT2D eigenvalue weighted by Gasteiger charge is 2.53. The zero-order chi connectivity index (χ0) is 16.8. The van der Waals surface area contributed by atoms with E-state index in [0.29, 0.717) is 25.4 Å². The van der Waals surface area contributed by atoms with Gasteiger partial charge in [-0.25, -0.2) is 9.78 Å². The topological polar surface area (TPSA) is 62.7 Å². The first-order valence-corrected chi connectivity index (χ1v) is 8.81. The highest BCUT2D eigenvalue weighted by atomic mass is 79.9. The van der Waals surface area contributed by atoms with E-state index in [2.05, 4.69) is 20.9 Å². The monoisotopic (exact) mass is 382 g/mol. The Morgan fingerprint density at radius 2 is 2.17 bits per heavy atom. The number of amides is 1. The molecule has 3 rings (SSSR count). The maximum atomic E-state index is 12.3. The lowest BCUT2D eigenvalue weighted by atomic mass is 9.83. The number of pyridine rings is 1. The Kier molecular flexibility index (Phi) is 4.17. The van der Waals surface area contributed by atoms with Crippen LogP contribution in [0.1, 0.15) is 39.2 Å². The molecule has 1 saturated heterocycles. The minimum absolute atomic E-state index is 0.0398. The number of fused-ring (bicyclic) bond motifs is 1. The molecule has 1 saturated carbocycles. The van der Waals surface area contributed by atoms with E-state index in [-0.39, 0.29) is 12.0 Å². The van der Waals surface area contributed by atoms with Gasteiger partial charge >= 0.3 is 6.09 Å². The number of aliphatic hydroxyl groups is 1. The first-order chi connectivity index (χ1) is 10.7. The summed E-state index contributed by atoms with van der Waals surface area (Å²) in [7, 11) is 0. The number of hydrogen-bond acceptors (Lipinski definition) is 4. The fraction of sp³-hybridized carbons (Fsp3) is 0.647. The standard InChI is InChI=1S/C17H23BrN2O3/c1-16(2,3)23-15(21)20-9-11-6-7-17(22,13(11)10-20)12-4-5-14(18)19-8-12/h4-5,8,11,13,22H,6-7,9-10H2,1-3H3. The van der Waals surface area contributed by atoms with Gasteiger partial charge in [-0.3, -0.25) is 0 Å². The molecule has 5 nitrogen and oxygen atoms in total. The molecule has 2 heterocycles. The molecule has 2 fully saturated rings. The smallest absolute Gasteiger partial charge is 0.410 e. The third-order valence-electron chi connectivity index (χ3n) is 4.83. The van der Waals surface area contributed by atoms with Crippen LogP contribution >= 0.6 is 15.9 Å². The lowest BCUT2D eigenvalue weighted by Gasteiger charge is -2.31. The van der Waals surface area contributed by atoms with Crippen molar-refractivity contribution in [2.75, 3.05) is 13.1 Å². The number of rotatable bonds is 1. The van der Waals surface area contributed by atoms with E-state index in [1.165, 1.54) is 0 Å². The predicted octanol–water partition coefficient (Wildman–Crippen LogP) is 3.31. The number of likely N-dealkylation sites (tertiary alicyclic amines) is 1. The second kappa shape index (κ2) is 5.74. The molecular formula is C17H23BrN2O3. The summed E-state index contributed by atoms with van der Waals surface area (Å²) in [6.45, 7) is 6.79. The Balaban J connectivity index is 1.76. The van der Waals surface area contributed by atoms with E-state index in [1.807, 2.05) is 32.9 Å². The number of carbonyl (C=O) groups excluding carboxylic acids is 1. The Morgan fingerprint density at radius 1 is 1.43 bits per heavy atom. The molecule has 0 spiro atoms. The third kappa shape index (κ3) is 3.24. The Labute approximate surface area is 145 Å². The van der Waals surface area contributed by atoms with Gasteiger partial charge in [0.05, 0.1) is 5.60 Å². The van der Waals surface area contributed by atoms with E-state index >= 15 is 0 Å². The minimum Gasteiger partial charge on any atom is -0.444 e. The normalized spacial score (nSPS) is 30.4. The summed E-state index contributed by atoms with van der Waals surface area (Å²) in [4.78, 5) is 18.3. The average molecular weight is 383 g/mol. The molecular weight excluding hydrogens is 360 g/mol. The molecule has 1 N–H and O–H groups in total. The maximum Gasteiger partial charge on any atom is 0.410 e. The highest BCUT2D eigenvalue weighted by Crippen LogP contribution is 2.50. The van der Waals surface area contributed by atoms with Crippen LogP contribution in [-0.2, 0) is 10.3 Å². The Morgan fingerprint density at radius 3 is 2.78 bits per heavy atom. The Hall–Kier alpha value is -1.14. The first-order valence-electron chi connectivity index (χ1n) is 8.01. The summed E-state index contributed by atoms with van der Waals surface area (Å²) in [6.07, 6.45) is 3.07. The minimum atomic E-state index is -0.908. The van der Waals surface area contributed by atoms with Gasteiger partial charge in [-0.1, -0.05) is 6.07 Å². The van der Waals surface area contributed by atoms with E-state index in [0.717, 1.165) is 16.6 Å². The second-order valence-electron chi connectivity index (χ2n) is 7.58. The van der Waals surface area contributed by atoms with Gasteiger partial charge in [0.25, 0.3) is 0 Å². The van der Waals surface area contributed by atoms with Crippen molar-refractivity contribution in [1.82, 2.24) is 9.88 Å². The van der Waals surface area contributed by atoms with E-state index in [4.69, 9.17) is 4.74 Å². The van der Waals surface area contributed by atoms with Crippen LogP contribution in [0.3, 0.4) is 0 Å². The predicted molar refractivity (Wildman–Crippen MR) is 89.9 cm³/mol. The second-order valence-corrected chi connectivity index (χ2v) is 8.40. The van der Waals surface area contributed by atoms with Crippen molar-refractivity contribution < 1.29 is 14.6 Å². The quantitative estimate of drug-likeness (QED) is 0.756. The molecule has 2 aliphatic rings. The van der Waals surface area contributed by atoms with Crippen LogP contribution in [0.5, 0.6) is 0 Å². The molecule has 0 bridgehead atoms. The SMILES string of the molecule is CC(C)(C)OC(=O)N1CC2CCC(O)(c3ccc(Br)nc3)C2C1. The molecule has 3 atom stereocenters. The van der Waals surface area contributed by atoms with Gasteiger partial charge in [0.2, 0.25) is 0 Å². The summed E-state index contributed by atoms with van der Waals surface area (Å²) < 4.78 is 6.21. The summed E-state index contributed by atoms with van der Waals surface area (Å²) >= 11 is 3.32. The number of hydrogen-bond donors (Lipinski definition) is 1. The van der Waals surface area contributed by atoms with Gasteiger partial charge in [0.15, 0.2) is 0 Å². The lowest BCUT2D eigenvalue weighted by Crippen LogP contribution is -2.39. The number of halogens is 1. The van der Waals surface area contributed by atoms with Crippen LogP contribution in [0, 0.1) is 11.8 Å². The molecule has 3 unspecified atom stereocenters. The van der Waals surface area contributed by atoms with Gasteiger partial charge in [0, 0.05) is 30.8 Å². The van der Waals surface area contributed by atoms with Crippen molar-refractivity contribution in [2.24, 2.45) is 11.8 Å². The van der Waals surface area contributed by atoms with Crippen LogP contribution in [0.2, 0.25) is 0 Å². The van der Waals surface area contributed by atoms with Gasteiger partial charge < -0.3 is 14.7 Å². The zero-order valence-electron chi connectivity index (χ0n) is 13.8. The zero-order valence-corrected chi connectivity index (χ0v) is 15.3. The van der Waals surface area contributed by atoms with Crippen LogP contribution in [0.25, 0.3) is 0 Å². The van der Waals surface area contributed by atoms with Crippen LogP contribution in [0.15, 0.2) is 22.9 Å². The Bertz CT molecular complexity index is 599. The number of nitrogens with zero attached hydrogens (tertiary/aromatic N) is 2. The maximum absolute atomic E-state index is 12.3. The molecule has 1 aliphatic carbocycles. The molecule has 23 heavy (non-hydrogen) atoms. The average Bonchev–Trinajstić information content (AvgIpc) is 3.00. The van der Waals surface area contributed by atoms with Crippen molar-refractivity contribution in [1.29, 1.82) is 0 Å². The fourth-order valence-corrected chi connectivity index (χ4v) is 4.00. The van der Waals surface area contributed by atoms with Crippen molar-refractivity contribution in [3.05, 3.63) is 28.5 Å². The molecule has 1 aliphatic heterocycles. The van der Waals surface area contributed by atoms with Crippen molar-refractivity contribution in [3.8, 4) is 0 Å². The van der Waals surface area contributed by atoms with Crippen molar-refractivity contribution >= 4 is 22.0 Å². The largest absolute Gasteiger partial charge is 0.444 e. The molecule has 1 aromatic rings. The molecule has 0 aromatic carbocycles. The molecule has 126 valence electrons. The van der Waals surface area contributed by atoms with Gasteiger partial charge in [-0.2, -0.15) is 0 Å². The summed E-state index contributed by atoms with van der Waals surface area (Å²) in [5.74, 6) is 0.356. The number of aromatic nitrogens is 1. The van der Waals surface area contributed by atoms with Crippen molar-refractivity contribution in [2.45, 2.75) is 44.8 Å². The van der Waals surface area contributed by atoms with Crippen LogP contribution < -0.4 is 0 Å². The van der Waals surface area contributed by atoms with Crippen molar-refractivity contribution in [3.63, 3.8) is 0 Å².